The zero-order valence-corrected chi connectivity index (χ0v) is 24.3. The maximum absolute atomic E-state index is 10.6. The van der Waals surface area contributed by atoms with Crippen molar-refractivity contribution in [2.45, 2.75) is 122 Å². The lowest BCUT2D eigenvalue weighted by atomic mass is 9.79. The molecule has 0 aromatic rings. The Balaban J connectivity index is -0.000000164. The molecule has 0 saturated heterocycles. The summed E-state index contributed by atoms with van der Waals surface area (Å²) in [4.78, 5) is 10.6. The number of ether oxygens (including phenoxy) is 2. The van der Waals surface area contributed by atoms with Gasteiger partial charge in [-0.1, -0.05) is 83.1 Å². The number of methoxy groups -OCH3 is 2. The molecule has 0 rings (SSSR count). The predicted molar refractivity (Wildman–Crippen MR) is 135 cm³/mol. The number of carbonyl (C=O) groups excluding carboxylic acids is 1. The van der Waals surface area contributed by atoms with Crippen LogP contribution in [0.5, 0.6) is 0 Å². The number of hydrogen-bond donors (Lipinski definition) is 3. The van der Waals surface area contributed by atoms with E-state index >= 15 is 0 Å². The largest absolute Gasteiger partial charge is 0.469 e. The number of aliphatic hydroxyl groups excluding tert-OH is 2. The minimum Gasteiger partial charge on any atom is -0.469 e. The molecule has 198 valence electrons. The highest BCUT2D eigenvalue weighted by molar-refractivity contribution is 5.69. The van der Waals surface area contributed by atoms with Crippen LogP contribution in [0.2, 0.25) is 0 Å². The number of hydrogen-bond acceptors (Lipinski definition) is 6. The summed E-state index contributed by atoms with van der Waals surface area (Å²) >= 11 is 0. The lowest BCUT2D eigenvalue weighted by Gasteiger charge is -2.33. The van der Waals surface area contributed by atoms with Crippen LogP contribution in [-0.4, -0.2) is 54.0 Å². The Labute approximate surface area is 200 Å². The van der Waals surface area contributed by atoms with Crippen molar-refractivity contribution in [2.24, 2.45) is 21.7 Å². The van der Waals surface area contributed by atoms with Crippen molar-refractivity contribution in [1.29, 1.82) is 0 Å². The molecular formula is C26H58O6. The normalized spacial score (nSPS) is 13.3. The van der Waals surface area contributed by atoms with E-state index in [0.29, 0.717) is 18.4 Å². The summed E-state index contributed by atoms with van der Waals surface area (Å²) in [6.07, 6.45) is 0.735. The van der Waals surface area contributed by atoms with Crippen LogP contribution in [0.3, 0.4) is 0 Å². The Morgan fingerprint density at radius 2 is 1.12 bits per heavy atom. The van der Waals surface area contributed by atoms with Crippen molar-refractivity contribution < 1.29 is 29.6 Å². The van der Waals surface area contributed by atoms with E-state index in [0.717, 1.165) is 6.42 Å². The SMILES string of the molecule is CC(C)(C)C(C)(C)O.CC(C)(C)CCO.COC(=O)CC(C)(C)C.COC(O)C(C)(C)C. The molecule has 0 fully saturated rings. The minimum absolute atomic E-state index is 0.00694. The van der Waals surface area contributed by atoms with Crippen LogP contribution < -0.4 is 0 Å². The average molecular weight is 467 g/mol. The molecule has 0 aromatic heterocycles. The van der Waals surface area contributed by atoms with E-state index < -0.39 is 11.9 Å². The minimum atomic E-state index is -0.650. The van der Waals surface area contributed by atoms with Gasteiger partial charge in [-0.15, -0.1) is 0 Å². The first-order chi connectivity index (χ1) is 13.7. The molecule has 6 heteroatoms. The van der Waals surface area contributed by atoms with E-state index in [4.69, 9.17) is 10.2 Å². The van der Waals surface area contributed by atoms with Crippen molar-refractivity contribution >= 4 is 5.97 Å². The van der Waals surface area contributed by atoms with Gasteiger partial charge in [0.1, 0.15) is 0 Å². The Hall–Kier alpha value is -0.690. The fourth-order valence-electron chi connectivity index (χ4n) is 1.19. The lowest BCUT2D eigenvalue weighted by Crippen LogP contribution is -2.35. The zero-order valence-electron chi connectivity index (χ0n) is 24.3. The van der Waals surface area contributed by atoms with Gasteiger partial charge in [0.15, 0.2) is 6.29 Å². The van der Waals surface area contributed by atoms with Gasteiger partial charge in [-0.3, -0.25) is 4.79 Å². The van der Waals surface area contributed by atoms with Crippen molar-refractivity contribution in [3.63, 3.8) is 0 Å². The summed E-state index contributed by atoms with van der Waals surface area (Å²) < 4.78 is 9.16. The molecule has 0 radical (unpaired) electrons. The van der Waals surface area contributed by atoms with Gasteiger partial charge in [-0.05, 0) is 36.5 Å². The van der Waals surface area contributed by atoms with Crippen molar-refractivity contribution in [2.75, 3.05) is 20.8 Å². The highest BCUT2D eigenvalue weighted by Crippen LogP contribution is 2.28. The Bertz CT molecular complexity index is 439. The lowest BCUT2D eigenvalue weighted by molar-refractivity contribution is -0.142. The Kier molecular flexibility index (Phi) is 19.3. The second kappa shape index (κ2) is 16.0. The van der Waals surface area contributed by atoms with Crippen LogP contribution in [0.4, 0.5) is 0 Å². The van der Waals surface area contributed by atoms with E-state index in [9.17, 15) is 9.90 Å². The third-order valence-corrected chi connectivity index (χ3v) is 4.56. The smallest absolute Gasteiger partial charge is 0.306 e. The average Bonchev–Trinajstić information content (AvgIpc) is 2.50. The van der Waals surface area contributed by atoms with Crippen LogP contribution >= 0.6 is 0 Å². The van der Waals surface area contributed by atoms with Gasteiger partial charge in [0, 0.05) is 19.1 Å². The molecule has 0 aliphatic carbocycles. The summed E-state index contributed by atoms with van der Waals surface area (Å²) in [6.45, 7) is 28.1. The van der Waals surface area contributed by atoms with Crippen LogP contribution in [-0.2, 0) is 14.3 Å². The summed E-state index contributed by atoms with van der Waals surface area (Å²) in [5.74, 6) is -0.137. The van der Waals surface area contributed by atoms with Gasteiger partial charge >= 0.3 is 5.97 Å². The summed E-state index contributed by atoms with van der Waals surface area (Å²) in [7, 11) is 2.91. The fourth-order valence-corrected chi connectivity index (χ4v) is 1.19. The topological polar surface area (TPSA) is 96.2 Å². The van der Waals surface area contributed by atoms with Gasteiger partial charge in [-0.25, -0.2) is 0 Å². The standard InChI is InChI=1S/C7H14O2.C7H16O.C6H14O2.C6H14O/c1-7(2,3)5-6(8)9-4;1-6(2,3)7(4,5)8;1-6(2,3)5(7)8-4;1-6(2,3)4-5-7/h5H2,1-4H3;8H,1-5H3;5,7H,1-4H3;7H,4-5H2,1-3H3. The summed E-state index contributed by atoms with van der Waals surface area (Å²) in [6, 6.07) is 0. The van der Waals surface area contributed by atoms with E-state index in [-0.39, 0.29) is 22.2 Å². The highest BCUT2D eigenvalue weighted by atomic mass is 16.6. The quantitative estimate of drug-likeness (QED) is 0.359. The fraction of sp³-hybridized carbons (Fsp3) is 0.962. The Morgan fingerprint density at radius 1 is 0.781 bits per heavy atom. The number of aliphatic hydroxyl groups is 3. The second-order valence-electron chi connectivity index (χ2n) is 13.1. The molecule has 1 unspecified atom stereocenters. The molecule has 0 aliphatic heterocycles. The molecular weight excluding hydrogens is 408 g/mol. The number of carbonyl (C=O) groups is 1. The first kappa shape index (κ1) is 38.6. The molecule has 1 atom stereocenters. The van der Waals surface area contributed by atoms with Crippen LogP contribution in [0.1, 0.15) is 110 Å². The van der Waals surface area contributed by atoms with E-state index in [1.165, 1.54) is 14.2 Å². The maximum atomic E-state index is 10.6. The molecule has 0 saturated carbocycles. The number of esters is 1. The van der Waals surface area contributed by atoms with E-state index in [1.54, 1.807) is 0 Å². The molecule has 0 heterocycles. The van der Waals surface area contributed by atoms with Crippen LogP contribution in [0.15, 0.2) is 0 Å². The van der Waals surface area contributed by atoms with Crippen molar-refractivity contribution in [1.82, 2.24) is 0 Å². The first-order valence-electron chi connectivity index (χ1n) is 11.4. The zero-order chi connectivity index (χ0) is 27.2. The molecule has 0 aromatic carbocycles. The van der Waals surface area contributed by atoms with E-state index in [1.807, 2.05) is 76.2 Å². The van der Waals surface area contributed by atoms with E-state index in [2.05, 4.69) is 30.2 Å². The molecule has 32 heavy (non-hydrogen) atoms. The Morgan fingerprint density at radius 3 is 1.16 bits per heavy atom. The van der Waals surface area contributed by atoms with Gasteiger partial charge in [0.2, 0.25) is 0 Å². The summed E-state index contributed by atoms with van der Waals surface area (Å²) in [5, 5.41) is 26.7. The van der Waals surface area contributed by atoms with Gasteiger partial charge < -0.3 is 24.8 Å². The van der Waals surface area contributed by atoms with Crippen LogP contribution in [0, 0.1) is 21.7 Å². The van der Waals surface area contributed by atoms with Gasteiger partial charge in [-0.2, -0.15) is 0 Å². The van der Waals surface area contributed by atoms with Crippen molar-refractivity contribution in [3.8, 4) is 0 Å². The predicted octanol–water partition coefficient (Wildman–Crippen LogP) is 5.81. The highest BCUT2D eigenvalue weighted by Gasteiger charge is 2.29. The van der Waals surface area contributed by atoms with Gasteiger partial charge in [0.25, 0.3) is 0 Å². The molecule has 0 spiro atoms. The molecule has 0 bridgehead atoms. The first-order valence-corrected chi connectivity index (χ1v) is 11.4. The van der Waals surface area contributed by atoms with Gasteiger partial charge in [0.05, 0.1) is 19.1 Å². The molecule has 0 amide bonds. The molecule has 6 nitrogen and oxygen atoms in total. The number of rotatable bonds is 3. The second-order valence-corrected chi connectivity index (χ2v) is 13.1. The van der Waals surface area contributed by atoms with Crippen LogP contribution in [0.25, 0.3) is 0 Å². The molecule has 3 N–H and O–H groups in total. The monoisotopic (exact) mass is 466 g/mol. The third-order valence-electron chi connectivity index (χ3n) is 4.56. The van der Waals surface area contributed by atoms with Crippen molar-refractivity contribution in [3.05, 3.63) is 0 Å². The molecule has 0 aliphatic rings. The summed E-state index contributed by atoms with van der Waals surface area (Å²) in [5.41, 5.74) is -0.378. The maximum Gasteiger partial charge on any atom is 0.306 e. The third kappa shape index (κ3) is 31.5.